The number of ether oxygens (including phenoxy) is 1. The smallest absolute Gasteiger partial charge is 0.338 e. The average molecular weight is 467 g/mol. The van der Waals surface area contributed by atoms with E-state index in [0.29, 0.717) is 49.8 Å². The number of hydrogen-bond donors (Lipinski definition) is 2. The van der Waals surface area contributed by atoms with Gasteiger partial charge >= 0.3 is 12.0 Å². The number of amides is 3. The fourth-order valence-corrected chi connectivity index (χ4v) is 4.28. The quantitative estimate of drug-likeness (QED) is 0.608. The molecule has 1 saturated heterocycles. The molecule has 2 aliphatic rings. The predicted octanol–water partition coefficient (Wildman–Crippen LogP) is 2.47. The highest BCUT2D eigenvalue weighted by atomic mass is 16.5. The van der Waals surface area contributed by atoms with Crippen LogP contribution in [-0.2, 0) is 16.0 Å². The summed E-state index contributed by atoms with van der Waals surface area (Å²) in [4.78, 5) is 41.9. The molecule has 3 heterocycles. The van der Waals surface area contributed by atoms with Crippen molar-refractivity contribution in [2.24, 2.45) is 0 Å². The maximum absolute atomic E-state index is 13.0. The number of furan rings is 1. The van der Waals surface area contributed by atoms with Gasteiger partial charge in [-0.1, -0.05) is 31.2 Å². The molecule has 0 bridgehead atoms. The fourth-order valence-electron chi connectivity index (χ4n) is 4.28. The molecule has 0 unspecified atom stereocenters. The van der Waals surface area contributed by atoms with Crippen molar-refractivity contribution in [3.05, 3.63) is 70.8 Å². The summed E-state index contributed by atoms with van der Waals surface area (Å²) in [5.74, 6) is -0.272. The molecule has 1 aromatic heterocycles. The van der Waals surface area contributed by atoms with Gasteiger partial charge in [-0.3, -0.25) is 9.69 Å². The molecule has 1 atom stereocenters. The molecule has 0 saturated carbocycles. The van der Waals surface area contributed by atoms with E-state index in [4.69, 9.17) is 9.15 Å². The van der Waals surface area contributed by atoms with Crippen molar-refractivity contribution in [2.45, 2.75) is 26.3 Å². The van der Waals surface area contributed by atoms with E-state index in [-0.39, 0.29) is 18.5 Å². The van der Waals surface area contributed by atoms with E-state index in [1.807, 2.05) is 24.3 Å². The lowest BCUT2D eigenvalue weighted by atomic mass is 9.94. The minimum atomic E-state index is -0.601. The van der Waals surface area contributed by atoms with Crippen molar-refractivity contribution in [1.82, 2.24) is 20.4 Å². The Balaban J connectivity index is 1.53. The monoisotopic (exact) mass is 466 g/mol. The molecule has 9 heteroatoms. The number of hydrogen-bond acceptors (Lipinski definition) is 6. The fraction of sp³-hybridized carbons (Fsp3) is 0.400. The summed E-state index contributed by atoms with van der Waals surface area (Å²) in [6, 6.07) is 10.3. The SMILES string of the molecule is CCOC(=O)C1=C(CN2CCN(C(=O)c3ccco3)CC2)NC(=O)N[C@H]1c1ccc(CC)cc1. The molecule has 2 aromatic rings. The van der Waals surface area contributed by atoms with E-state index >= 15 is 0 Å². The van der Waals surface area contributed by atoms with Gasteiger partial charge in [-0.2, -0.15) is 0 Å². The van der Waals surface area contributed by atoms with Crippen molar-refractivity contribution in [3.8, 4) is 0 Å². The van der Waals surface area contributed by atoms with Gasteiger partial charge in [0.25, 0.3) is 5.91 Å². The van der Waals surface area contributed by atoms with Gasteiger partial charge in [-0.15, -0.1) is 0 Å². The number of benzene rings is 1. The van der Waals surface area contributed by atoms with E-state index in [1.54, 1.807) is 24.0 Å². The second-order valence-corrected chi connectivity index (χ2v) is 8.28. The van der Waals surface area contributed by atoms with Gasteiger partial charge in [-0.05, 0) is 36.6 Å². The van der Waals surface area contributed by atoms with E-state index in [0.717, 1.165) is 12.0 Å². The Morgan fingerprint density at radius 3 is 2.44 bits per heavy atom. The number of nitrogens with one attached hydrogen (secondary N) is 2. The van der Waals surface area contributed by atoms with Crippen LogP contribution in [0.5, 0.6) is 0 Å². The van der Waals surface area contributed by atoms with Gasteiger partial charge in [0, 0.05) is 38.4 Å². The zero-order valence-electron chi connectivity index (χ0n) is 19.5. The van der Waals surface area contributed by atoms with E-state index in [9.17, 15) is 14.4 Å². The highest BCUT2D eigenvalue weighted by Crippen LogP contribution is 2.29. The summed E-state index contributed by atoms with van der Waals surface area (Å²) in [5.41, 5.74) is 2.92. The lowest BCUT2D eigenvalue weighted by Gasteiger charge is -2.36. The number of nitrogens with zero attached hydrogens (tertiary/aromatic N) is 2. The molecule has 0 spiro atoms. The van der Waals surface area contributed by atoms with Crippen molar-refractivity contribution in [3.63, 3.8) is 0 Å². The van der Waals surface area contributed by atoms with Crippen LogP contribution in [0.4, 0.5) is 4.79 Å². The number of esters is 1. The zero-order chi connectivity index (χ0) is 24.1. The highest BCUT2D eigenvalue weighted by Gasteiger charge is 2.35. The molecule has 1 aromatic carbocycles. The second-order valence-electron chi connectivity index (χ2n) is 8.28. The second kappa shape index (κ2) is 10.6. The Morgan fingerprint density at radius 1 is 1.09 bits per heavy atom. The molecule has 9 nitrogen and oxygen atoms in total. The van der Waals surface area contributed by atoms with Crippen LogP contribution in [0.1, 0.15) is 41.6 Å². The standard InChI is InChI=1S/C25H30N4O5/c1-3-17-7-9-18(10-8-17)22-21(24(31)33-4-2)19(26-25(32)27-22)16-28-11-13-29(14-12-28)23(30)20-6-5-15-34-20/h5-10,15,22H,3-4,11-14,16H2,1-2H3,(H2,26,27,32)/t22-/m0/s1. The first kappa shape index (κ1) is 23.6. The lowest BCUT2D eigenvalue weighted by Crippen LogP contribution is -2.52. The van der Waals surface area contributed by atoms with Gasteiger partial charge in [0.15, 0.2) is 5.76 Å². The summed E-state index contributed by atoms with van der Waals surface area (Å²) < 4.78 is 10.6. The van der Waals surface area contributed by atoms with Crippen LogP contribution in [0.15, 0.2) is 58.3 Å². The molecular weight excluding hydrogens is 436 g/mol. The Bertz CT molecular complexity index is 1050. The first-order valence-corrected chi connectivity index (χ1v) is 11.6. The summed E-state index contributed by atoms with van der Waals surface area (Å²) in [6.45, 7) is 6.69. The minimum Gasteiger partial charge on any atom is -0.463 e. The van der Waals surface area contributed by atoms with Crippen LogP contribution in [0, 0.1) is 0 Å². The van der Waals surface area contributed by atoms with Gasteiger partial charge < -0.3 is 24.7 Å². The maximum Gasteiger partial charge on any atom is 0.338 e. The van der Waals surface area contributed by atoms with Gasteiger partial charge in [0.2, 0.25) is 0 Å². The molecule has 0 aliphatic carbocycles. The molecule has 4 rings (SSSR count). The van der Waals surface area contributed by atoms with Gasteiger partial charge in [-0.25, -0.2) is 9.59 Å². The number of piperazine rings is 1. The van der Waals surface area contributed by atoms with E-state index in [1.165, 1.54) is 11.8 Å². The zero-order valence-corrected chi connectivity index (χ0v) is 19.5. The highest BCUT2D eigenvalue weighted by molar-refractivity contribution is 5.95. The summed E-state index contributed by atoms with van der Waals surface area (Å²) in [6.07, 6.45) is 2.39. The minimum absolute atomic E-state index is 0.137. The molecule has 180 valence electrons. The largest absolute Gasteiger partial charge is 0.463 e. The van der Waals surface area contributed by atoms with Crippen molar-refractivity contribution in [2.75, 3.05) is 39.3 Å². The number of rotatable bonds is 7. The summed E-state index contributed by atoms with van der Waals surface area (Å²) in [7, 11) is 0. The number of carbonyl (C=O) groups excluding carboxylic acids is 3. The number of urea groups is 1. The van der Waals surface area contributed by atoms with Crippen LogP contribution in [-0.4, -0.2) is 67.0 Å². The van der Waals surface area contributed by atoms with Crippen molar-refractivity contribution >= 4 is 17.9 Å². The third-order valence-corrected chi connectivity index (χ3v) is 6.14. The average Bonchev–Trinajstić information content (AvgIpc) is 3.39. The summed E-state index contributed by atoms with van der Waals surface area (Å²) >= 11 is 0. The molecule has 2 N–H and O–H groups in total. The van der Waals surface area contributed by atoms with E-state index in [2.05, 4.69) is 22.5 Å². The Hall–Kier alpha value is -3.59. The molecule has 34 heavy (non-hydrogen) atoms. The van der Waals surface area contributed by atoms with Crippen LogP contribution in [0.3, 0.4) is 0 Å². The molecular formula is C25H30N4O5. The maximum atomic E-state index is 13.0. The Morgan fingerprint density at radius 2 is 1.82 bits per heavy atom. The van der Waals surface area contributed by atoms with Crippen molar-refractivity contribution < 1.29 is 23.5 Å². The predicted molar refractivity (Wildman–Crippen MR) is 125 cm³/mol. The number of aryl methyl sites for hydroxylation is 1. The van der Waals surface area contributed by atoms with Crippen LogP contribution in [0.25, 0.3) is 0 Å². The lowest BCUT2D eigenvalue weighted by molar-refractivity contribution is -0.139. The molecule has 3 amide bonds. The molecule has 0 radical (unpaired) electrons. The third-order valence-electron chi connectivity index (χ3n) is 6.14. The Labute approximate surface area is 198 Å². The third kappa shape index (κ3) is 5.14. The van der Waals surface area contributed by atoms with Gasteiger partial charge in [0.1, 0.15) is 0 Å². The number of carbonyl (C=O) groups is 3. The summed E-state index contributed by atoms with van der Waals surface area (Å²) in [5, 5.41) is 5.70. The van der Waals surface area contributed by atoms with E-state index < -0.39 is 12.0 Å². The Kier molecular flexibility index (Phi) is 7.32. The van der Waals surface area contributed by atoms with Gasteiger partial charge in [0.05, 0.1) is 24.5 Å². The normalized spacial score (nSPS) is 18.9. The van der Waals surface area contributed by atoms with Crippen LogP contribution < -0.4 is 10.6 Å². The molecule has 2 aliphatic heterocycles. The molecule has 1 fully saturated rings. The van der Waals surface area contributed by atoms with Crippen LogP contribution in [0.2, 0.25) is 0 Å². The first-order valence-electron chi connectivity index (χ1n) is 11.6. The van der Waals surface area contributed by atoms with Crippen molar-refractivity contribution in [1.29, 1.82) is 0 Å². The first-order chi connectivity index (χ1) is 16.5. The van der Waals surface area contributed by atoms with Crippen LogP contribution >= 0.6 is 0 Å². The topological polar surface area (TPSA) is 104 Å².